The summed E-state index contributed by atoms with van der Waals surface area (Å²) in [5.41, 5.74) is 0. The molecule has 0 saturated heterocycles. The van der Waals surface area contributed by atoms with Crippen LogP contribution in [-0.4, -0.2) is 39.0 Å². The van der Waals surface area contributed by atoms with Crippen LogP contribution in [0.3, 0.4) is 0 Å². The van der Waals surface area contributed by atoms with E-state index in [-0.39, 0.29) is 0 Å². The quantitative estimate of drug-likeness (QED) is 0.524. The Morgan fingerprint density at radius 2 is 1.56 bits per heavy atom. The van der Waals surface area contributed by atoms with Crippen LogP contribution in [0, 0.1) is 0 Å². The first-order valence-electron chi connectivity index (χ1n) is 6.70. The molecule has 0 aromatic rings. The number of hydrogen-bond acceptors (Lipinski definition) is 3. The number of nitrogens with one attached hydrogen (secondary N) is 1. The van der Waals surface area contributed by atoms with E-state index in [0.29, 0.717) is 6.04 Å². The van der Waals surface area contributed by atoms with Crippen molar-refractivity contribution in [1.82, 2.24) is 5.32 Å². The second-order valence-corrected chi connectivity index (χ2v) is 4.18. The highest BCUT2D eigenvalue weighted by Gasteiger charge is 1.98. The van der Waals surface area contributed by atoms with Crippen LogP contribution in [0.4, 0.5) is 0 Å². The lowest BCUT2D eigenvalue weighted by Gasteiger charge is -2.11. The van der Waals surface area contributed by atoms with E-state index >= 15 is 0 Å². The van der Waals surface area contributed by atoms with E-state index in [1.165, 1.54) is 12.8 Å². The highest BCUT2D eigenvalue weighted by molar-refractivity contribution is 4.58. The van der Waals surface area contributed by atoms with Crippen molar-refractivity contribution in [2.75, 3.05) is 33.0 Å². The summed E-state index contributed by atoms with van der Waals surface area (Å²) in [4.78, 5) is 0. The molecule has 16 heavy (non-hydrogen) atoms. The Morgan fingerprint density at radius 1 is 0.938 bits per heavy atom. The zero-order valence-electron chi connectivity index (χ0n) is 11.3. The van der Waals surface area contributed by atoms with Gasteiger partial charge in [-0.25, -0.2) is 0 Å². The van der Waals surface area contributed by atoms with Crippen LogP contribution in [0.5, 0.6) is 0 Å². The maximum absolute atomic E-state index is 5.49. The zero-order chi connectivity index (χ0) is 12.1. The third-order valence-corrected chi connectivity index (χ3v) is 2.49. The van der Waals surface area contributed by atoms with Gasteiger partial charge in [0.25, 0.3) is 0 Å². The molecular formula is C13H29NO2. The summed E-state index contributed by atoms with van der Waals surface area (Å²) in [6.07, 6.45) is 4.66. The first-order valence-corrected chi connectivity index (χ1v) is 6.70. The third kappa shape index (κ3) is 12.0. The predicted octanol–water partition coefficient (Wildman–Crippen LogP) is 2.60. The molecule has 0 aliphatic rings. The number of rotatable bonds is 12. The molecule has 1 N–H and O–H groups in total. The van der Waals surface area contributed by atoms with E-state index in [9.17, 15) is 0 Å². The average Bonchev–Trinajstić information content (AvgIpc) is 2.27. The van der Waals surface area contributed by atoms with Gasteiger partial charge in [-0.2, -0.15) is 0 Å². The maximum Gasteiger partial charge on any atom is 0.0700 e. The standard InChI is InChI=1S/C13H29NO2/c1-4-6-9-15-11-12-16-10-7-8-13(3)14-5-2/h13-14H,4-12H2,1-3H3. The molecule has 3 heteroatoms. The minimum absolute atomic E-state index is 0.606. The largest absolute Gasteiger partial charge is 0.379 e. The molecule has 3 nitrogen and oxygen atoms in total. The summed E-state index contributed by atoms with van der Waals surface area (Å²) in [6, 6.07) is 0.606. The molecule has 0 rings (SSSR count). The van der Waals surface area contributed by atoms with Crippen LogP contribution in [0.1, 0.15) is 46.5 Å². The first kappa shape index (κ1) is 15.9. The SMILES string of the molecule is CCCCOCCOCCCC(C)NCC. The van der Waals surface area contributed by atoms with Crippen molar-refractivity contribution in [1.29, 1.82) is 0 Å². The van der Waals surface area contributed by atoms with Gasteiger partial charge < -0.3 is 14.8 Å². The van der Waals surface area contributed by atoms with Crippen molar-refractivity contribution < 1.29 is 9.47 Å². The van der Waals surface area contributed by atoms with Crippen molar-refractivity contribution in [2.24, 2.45) is 0 Å². The molecule has 0 radical (unpaired) electrons. The van der Waals surface area contributed by atoms with Gasteiger partial charge >= 0.3 is 0 Å². The van der Waals surface area contributed by atoms with Gasteiger partial charge in [0.05, 0.1) is 13.2 Å². The topological polar surface area (TPSA) is 30.5 Å². The molecule has 0 aliphatic heterocycles. The van der Waals surface area contributed by atoms with Gasteiger partial charge in [0.1, 0.15) is 0 Å². The van der Waals surface area contributed by atoms with Gasteiger partial charge in [-0.1, -0.05) is 20.3 Å². The van der Waals surface area contributed by atoms with Crippen LogP contribution in [0.25, 0.3) is 0 Å². The van der Waals surface area contributed by atoms with Gasteiger partial charge in [-0.3, -0.25) is 0 Å². The lowest BCUT2D eigenvalue weighted by Crippen LogP contribution is -2.25. The van der Waals surface area contributed by atoms with Crippen molar-refractivity contribution in [3.8, 4) is 0 Å². The van der Waals surface area contributed by atoms with Crippen molar-refractivity contribution in [2.45, 2.75) is 52.5 Å². The average molecular weight is 231 g/mol. The van der Waals surface area contributed by atoms with E-state index in [2.05, 4.69) is 26.1 Å². The van der Waals surface area contributed by atoms with Gasteiger partial charge in [0.15, 0.2) is 0 Å². The Kier molecular flexibility index (Phi) is 12.9. The fraction of sp³-hybridized carbons (Fsp3) is 1.00. The molecule has 0 fully saturated rings. The van der Waals surface area contributed by atoms with Crippen LogP contribution in [0.2, 0.25) is 0 Å². The van der Waals surface area contributed by atoms with Gasteiger partial charge in [0.2, 0.25) is 0 Å². The van der Waals surface area contributed by atoms with Crippen LogP contribution in [0.15, 0.2) is 0 Å². The Bertz CT molecular complexity index is 131. The number of unbranched alkanes of at least 4 members (excludes halogenated alkanes) is 1. The second kappa shape index (κ2) is 12.9. The van der Waals surface area contributed by atoms with Crippen molar-refractivity contribution in [3.05, 3.63) is 0 Å². The maximum atomic E-state index is 5.49. The summed E-state index contributed by atoms with van der Waals surface area (Å²) in [5.74, 6) is 0. The zero-order valence-corrected chi connectivity index (χ0v) is 11.3. The van der Waals surface area contributed by atoms with E-state index < -0.39 is 0 Å². The van der Waals surface area contributed by atoms with E-state index in [0.717, 1.165) is 45.8 Å². The Hall–Kier alpha value is -0.120. The predicted molar refractivity (Wildman–Crippen MR) is 68.9 cm³/mol. The van der Waals surface area contributed by atoms with Crippen LogP contribution >= 0.6 is 0 Å². The normalized spacial score (nSPS) is 12.9. The summed E-state index contributed by atoms with van der Waals surface area (Å²) in [5, 5.41) is 3.39. The molecule has 0 bridgehead atoms. The van der Waals surface area contributed by atoms with E-state index in [1.54, 1.807) is 0 Å². The number of hydrogen-bond donors (Lipinski definition) is 1. The molecule has 0 heterocycles. The van der Waals surface area contributed by atoms with Gasteiger partial charge in [-0.05, 0) is 32.7 Å². The molecule has 0 aromatic carbocycles. The van der Waals surface area contributed by atoms with Crippen LogP contribution < -0.4 is 5.32 Å². The smallest absolute Gasteiger partial charge is 0.0700 e. The molecule has 0 aromatic heterocycles. The minimum atomic E-state index is 0.606. The summed E-state index contributed by atoms with van der Waals surface area (Å²) < 4.78 is 10.9. The highest BCUT2D eigenvalue weighted by atomic mass is 16.5. The molecule has 98 valence electrons. The van der Waals surface area contributed by atoms with E-state index in [4.69, 9.17) is 9.47 Å². The van der Waals surface area contributed by atoms with Crippen molar-refractivity contribution >= 4 is 0 Å². The van der Waals surface area contributed by atoms with Crippen LogP contribution in [-0.2, 0) is 9.47 Å². The molecule has 0 saturated carbocycles. The summed E-state index contributed by atoms with van der Waals surface area (Å²) >= 11 is 0. The third-order valence-electron chi connectivity index (χ3n) is 2.49. The van der Waals surface area contributed by atoms with Gasteiger partial charge in [0, 0.05) is 19.3 Å². The summed E-state index contributed by atoms with van der Waals surface area (Å²) in [6.45, 7) is 10.8. The lowest BCUT2D eigenvalue weighted by molar-refractivity contribution is 0.0449. The molecule has 1 unspecified atom stereocenters. The van der Waals surface area contributed by atoms with E-state index in [1.807, 2.05) is 0 Å². The second-order valence-electron chi connectivity index (χ2n) is 4.18. The molecule has 1 atom stereocenters. The number of ether oxygens (including phenoxy) is 2. The fourth-order valence-corrected chi connectivity index (χ4v) is 1.51. The van der Waals surface area contributed by atoms with Gasteiger partial charge in [-0.15, -0.1) is 0 Å². The molecule has 0 aliphatic carbocycles. The van der Waals surface area contributed by atoms with Crippen molar-refractivity contribution in [3.63, 3.8) is 0 Å². The molecular weight excluding hydrogens is 202 g/mol. The summed E-state index contributed by atoms with van der Waals surface area (Å²) in [7, 11) is 0. The minimum Gasteiger partial charge on any atom is -0.379 e. The first-order chi connectivity index (χ1) is 7.81. The monoisotopic (exact) mass is 231 g/mol. The molecule has 0 amide bonds. The Morgan fingerprint density at radius 3 is 2.12 bits per heavy atom. The Labute approximate surface area is 101 Å². The lowest BCUT2D eigenvalue weighted by atomic mass is 10.2. The fourth-order valence-electron chi connectivity index (χ4n) is 1.51. The Balaban J connectivity index is 2.98. The highest BCUT2D eigenvalue weighted by Crippen LogP contribution is 1.96. The molecule has 0 spiro atoms.